The van der Waals surface area contributed by atoms with Crippen LogP contribution in [-0.2, 0) is 4.74 Å². The molecule has 1 fully saturated rings. The van der Waals surface area contributed by atoms with Gasteiger partial charge in [-0.15, -0.1) is 0 Å². The summed E-state index contributed by atoms with van der Waals surface area (Å²) >= 11 is 0. The van der Waals surface area contributed by atoms with Gasteiger partial charge in [0.25, 0.3) is 0 Å². The van der Waals surface area contributed by atoms with Crippen LogP contribution in [0.3, 0.4) is 0 Å². The SMILES string of the molecule is CC(C)(C)OC(=O)N1CC[C@@H](C#N)[C@@H](O)C1. The maximum atomic E-state index is 11.7. The number of rotatable bonds is 0. The number of carbonyl (C=O) groups excluding carboxylic acids is 1. The number of aliphatic hydroxyl groups excluding tert-OH is 1. The van der Waals surface area contributed by atoms with Gasteiger partial charge in [0.15, 0.2) is 0 Å². The van der Waals surface area contributed by atoms with Crippen LogP contribution in [0.4, 0.5) is 4.79 Å². The Hall–Kier alpha value is -1.28. The van der Waals surface area contributed by atoms with Crippen molar-refractivity contribution in [3.05, 3.63) is 0 Å². The first-order valence-corrected chi connectivity index (χ1v) is 5.39. The number of hydrogen-bond acceptors (Lipinski definition) is 4. The number of nitrogens with zero attached hydrogens (tertiary/aromatic N) is 2. The molecule has 5 heteroatoms. The number of nitriles is 1. The number of piperidine rings is 1. The number of amides is 1. The van der Waals surface area contributed by atoms with E-state index in [1.807, 2.05) is 6.07 Å². The fraction of sp³-hybridized carbons (Fsp3) is 0.818. The van der Waals surface area contributed by atoms with Crippen LogP contribution in [0.5, 0.6) is 0 Å². The van der Waals surface area contributed by atoms with Crippen molar-refractivity contribution < 1.29 is 14.6 Å². The Morgan fingerprint density at radius 2 is 2.19 bits per heavy atom. The highest BCUT2D eigenvalue weighted by molar-refractivity contribution is 5.68. The molecule has 0 radical (unpaired) electrons. The summed E-state index contributed by atoms with van der Waals surface area (Å²) in [5.41, 5.74) is -0.534. The molecular weight excluding hydrogens is 208 g/mol. The van der Waals surface area contributed by atoms with Gasteiger partial charge in [-0.25, -0.2) is 4.79 Å². The largest absolute Gasteiger partial charge is 0.444 e. The Labute approximate surface area is 95.6 Å². The predicted molar refractivity (Wildman–Crippen MR) is 57.5 cm³/mol. The molecule has 1 heterocycles. The van der Waals surface area contributed by atoms with Gasteiger partial charge in [-0.2, -0.15) is 5.26 Å². The normalized spacial score (nSPS) is 26.1. The Morgan fingerprint density at radius 3 is 2.62 bits per heavy atom. The van der Waals surface area contributed by atoms with Crippen LogP contribution in [0.2, 0.25) is 0 Å². The summed E-state index contributed by atoms with van der Waals surface area (Å²) in [5, 5.41) is 18.3. The predicted octanol–water partition coefficient (Wildman–Crippen LogP) is 1.13. The lowest BCUT2D eigenvalue weighted by Gasteiger charge is -2.34. The highest BCUT2D eigenvalue weighted by atomic mass is 16.6. The minimum absolute atomic E-state index is 0.174. The van der Waals surface area contributed by atoms with E-state index in [2.05, 4.69) is 0 Å². The highest BCUT2D eigenvalue weighted by Crippen LogP contribution is 2.19. The van der Waals surface area contributed by atoms with E-state index in [9.17, 15) is 9.90 Å². The van der Waals surface area contributed by atoms with Crippen molar-refractivity contribution in [1.29, 1.82) is 5.26 Å². The quantitative estimate of drug-likeness (QED) is 0.672. The number of carbonyl (C=O) groups is 1. The van der Waals surface area contributed by atoms with Crippen LogP contribution in [-0.4, -0.2) is 40.9 Å². The summed E-state index contributed by atoms with van der Waals surface area (Å²) in [6.45, 7) is 6.02. The molecule has 2 atom stereocenters. The molecule has 1 N–H and O–H groups in total. The third-order valence-electron chi connectivity index (χ3n) is 2.40. The Morgan fingerprint density at radius 1 is 1.56 bits per heavy atom. The zero-order valence-electron chi connectivity index (χ0n) is 9.93. The third kappa shape index (κ3) is 3.38. The molecule has 1 aliphatic rings. The van der Waals surface area contributed by atoms with E-state index in [0.717, 1.165) is 0 Å². The molecule has 0 aromatic carbocycles. The first-order valence-electron chi connectivity index (χ1n) is 5.39. The van der Waals surface area contributed by atoms with E-state index in [-0.39, 0.29) is 12.5 Å². The summed E-state index contributed by atoms with van der Waals surface area (Å²) in [6, 6.07) is 2.03. The zero-order chi connectivity index (χ0) is 12.3. The number of hydrogen-bond donors (Lipinski definition) is 1. The lowest BCUT2D eigenvalue weighted by molar-refractivity contribution is -0.00446. The maximum Gasteiger partial charge on any atom is 0.410 e. The molecule has 1 aliphatic heterocycles. The second-order valence-corrected chi connectivity index (χ2v) is 5.02. The lowest BCUT2D eigenvalue weighted by Crippen LogP contribution is -2.47. The van der Waals surface area contributed by atoms with E-state index in [1.165, 1.54) is 4.90 Å². The molecule has 0 unspecified atom stereocenters. The summed E-state index contributed by atoms with van der Waals surface area (Å²) in [7, 11) is 0. The molecule has 1 rings (SSSR count). The summed E-state index contributed by atoms with van der Waals surface area (Å²) in [4.78, 5) is 13.1. The van der Waals surface area contributed by atoms with Gasteiger partial charge in [0.1, 0.15) is 5.60 Å². The number of ether oxygens (including phenoxy) is 1. The van der Waals surface area contributed by atoms with E-state index in [1.54, 1.807) is 20.8 Å². The van der Waals surface area contributed by atoms with Crippen LogP contribution < -0.4 is 0 Å². The minimum atomic E-state index is -0.772. The van der Waals surface area contributed by atoms with Gasteiger partial charge in [0.05, 0.1) is 24.6 Å². The minimum Gasteiger partial charge on any atom is -0.444 e. The van der Waals surface area contributed by atoms with Gasteiger partial charge in [-0.1, -0.05) is 0 Å². The molecule has 1 amide bonds. The standard InChI is InChI=1S/C11H18N2O3/c1-11(2,3)16-10(15)13-5-4-8(6-12)9(14)7-13/h8-9,14H,4-5,7H2,1-3H3/t8-,9-/m0/s1. The monoisotopic (exact) mass is 226 g/mol. The molecule has 1 saturated heterocycles. The maximum absolute atomic E-state index is 11.7. The molecule has 5 nitrogen and oxygen atoms in total. The van der Waals surface area contributed by atoms with Crippen molar-refractivity contribution in [2.45, 2.75) is 38.9 Å². The van der Waals surface area contributed by atoms with Gasteiger partial charge < -0.3 is 14.7 Å². The molecule has 0 aromatic rings. The van der Waals surface area contributed by atoms with Gasteiger partial charge in [-0.05, 0) is 27.2 Å². The smallest absolute Gasteiger partial charge is 0.410 e. The van der Waals surface area contributed by atoms with E-state index in [0.29, 0.717) is 13.0 Å². The fourth-order valence-corrected chi connectivity index (χ4v) is 1.57. The Bertz CT molecular complexity index is 303. The zero-order valence-corrected chi connectivity index (χ0v) is 9.93. The van der Waals surface area contributed by atoms with Crippen LogP contribution in [0, 0.1) is 17.2 Å². The van der Waals surface area contributed by atoms with Crippen LogP contribution in [0.1, 0.15) is 27.2 Å². The second kappa shape index (κ2) is 4.71. The molecule has 16 heavy (non-hydrogen) atoms. The number of β-amino-alcohol motifs (C(OH)–C–C–N with tert-alkyl or cyclic N) is 1. The van der Waals surface area contributed by atoms with Gasteiger partial charge in [-0.3, -0.25) is 0 Å². The molecule has 0 bridgehead atoms. The molecule has 0 saturated carbocycles. The van der Waals surface area contributed by atoms with Crippen molar-refractivity contribution in [2.24, 2.45) is 5.92 Å². The van der Waals surface area contributed by atoms with Crippen LogP contribution in [0.25, 0.3) is 0 Å². The van der Waals surface area contributed by atoms with Crippen molar-refractivity contribution >= 4 is 6.09 Å². The molecule has 0 aliphatic carbocycles. The van der Waals surface area contributed by atoms with E-state index >= 15 is 0 Å². The second-order valence-electron chi connectivity index (χ2n) is 5.02. The summed E-state index contributed by atoms with van der Waals surface area (Å²) < 4.78 is 5.19. The fourth-order valence-electron chi connectivity index (χ4n) is 1.57. The first-order chi connectivity index (χ1) is 7.33. The molecule has 90 valence electrons. The average molecular weight is 226 g/mol. The van der Waals surface area contributed by atoms with Crippen LogP contribution >= 0.6 is 0 Å². The van der Waals surface area contributed by atoms with Gasteiger partial charge in [0.2, 0.25) is 0 Å². The number of likely N-dealkylation sites (tertiary alicyclic amines) is 1. The van der Waals surface area contributed by atoms with Crippen molar-refractivity contribution in [3.63, 3.8) is 0 Å². The molecular formula is C11H18N2O3. The Balaban J connectivity index is 2.52. The van der Waals surface area contributed by atoms with Crippen molar-refractivity contribution in [3.8, 4) is 6.07 Å². The van der Waals surface area contributed by atoms with Crippen molar-refractivity contribution in [1.82, 2.24) is 4.90 Å². The topological polar surface area (TPSA) is 73.6 Å². The Kier molecular flexibility index (Phi) is 3.76. The molecule has 0 aromatic heterocycles. The summed E-state index contributed by atoms with van der Waals surface area (Å²) in [5.74, 6) is -0.376. The summed E-state index contributed by atoms with van der Waals surface area (Å²) in [6.07, 6.45) is -0.703. The van der Waals surface area contributed by atoms with Crippen LogP contribution in [0.15, 0.2) is 0 Å². The average Bonchev–Trinajstić information content (AvgIpc) is 2.15. The molecule has 0 spiro atoms. The number of aliphatic hydroxyl groups is 1. The van der Waals surface area contributed by atoms with Crippen molar-refractivity contribution in [2.75, 3.05) is 13.1 Å². The van der Waals surface area contributed by atoms with E-state index < -0.39 is 17.8 Å². The first kappa shape index (κ1) is 12.8. The highest BCUT2D eigenvalue weighted by Gasteiger charge is 2.32. The lowest BCUT2D eigenvalue weighted by atomic mass is 9.96. The third-order valence-corrected chi connectivity index (χ3v) is 2.40. The van der Waals surface area contributed by atoms with Gasteiger partial charge >= 0.3 is 6.09 Å². The van der Waals surface area contributed by atoms with E-state index in [4.69, 9.17) is 10.00 Å². The van der Waals surface area contributed by atoms with Gasteiger partial charge in [0, 0.05) is 6.54 Å².